The van der Waals surface area contributed by atoms with Gasteiger partial charge in [-0.3, -0.25) is 4.79 Å². The minimum atomic E-state index is -1.50. The second-order valence-corrected chi connectivity index (χ2v) is 3.29. The molecule has 126 valence electrons. The van der Waals surface area contributed by atoms with Gasteiger partial charge in [-0.25, -0.2) is 0 Å². The van der Waals surface area contributed by atoms with E-state index in [4.69, 9.17) is 56.8 Å². The van der Waals surface area contributed by atoms with E-state index in [1.807, 2.05) is 13.8 Å². The van der Waals surface area contributed by atoms with Crippen LogP contribution in [0.2, 0.25) is 0 Å². The predicted molar refractivity (Wildman–Crippen MR) is 61.4 cm³/mol. The highest BCUT2D eigenvalue weighted by atomic mass is 16.9. The molecule has 0 aromatic rings. The van der Waals surface area contributed by atoms with Gasteiger partial charge in [-0.2, -0.15) is 0 Å². The summed E-state index contributed by atoms with van der Waals surface area (Å²) in [5.41, 5.74) is 5.22. The van der Waals surface area contributed by atoms with Gasteiger partial charge in [0.05, 0.1) is 0 Å². The number of nitrogens with two attached hydrogens (primary N) is 1. The van der Waals surface area contributed by atoms with E-state index in [1.165, 1.54) is 0 Å². The van der Waals surface area contributed by atoms with Crippen LogP contribution in [-0.4, -0.2) is 48.0 Å². The highest BCUT2D eigenvalue weighted by Crippen LogP contribution is 2.01. The van der Waals surface area contributed by atoms with Gasteiger partial charge in [-0.05, 0) is 12.3 Å². The van der Waals surface area contributed by atoms with E-state index in [-0.39, 0.29) is 0 Å². The van der Waals surface area contributed by atoms with Gasteiger partial charge in [0.25, 0.3) is 15.3 Å². The molecule has 15 nitrogen and oxygen atoms in total. The molecule has 1 unspecified atom stereocenters. The summed E-state index contributed by atoms with van der Waals surface area (Å²) in [6.45, 7) is 3.89. The van der Waals surface area contributed by atoms with Gasteiger partial charge in [-0.15, -0.1) is 30.3 Å². The van der Waals surface area contributed by atoms with Gasteiger partial charge >= 0.3 is 5.97 Å². The second-order valence-electron chi connectivity index (χ2n) is 3.29. The number of rotatable bonds is 3. The van der Waals surface area contributed by atoms with Crippen molar-refractivity contribution in [2.45, 2.75) is 26.3 Å². The molecule has 0 rings (SSSR count). The Bertz CT molecular complexity index is 279. The van der Waals surface area contributed by atoms with Crippen LogP contribution in [-0.2, 0) is 4.79 Å². The average Bonchev–Trinajstić information content (AvgIpc) is 2.12. The lowest BCUT2D eigenvalue weighted by Crippen LogP contribution is -2.31. The summed E-state index contributed by atoms with van der Waals surface area (Å²) in [4.78, 5) is 35.2. The Kier molecular flexibility index (Phi) is 21.5. The van der Waals surface area contributed by atoms with Crippen molar-refractivity contribution in [1.29, 1.82) is 0 Å². The summed E-state index contributed by atoms with van der Waals surface area (Å²) in [5, 5.41) is 49.2. The number of carboxylic acids is 1. The summed E-state index contributed by atoms with van der Waals surface area (Å²) in [6, 6.07) is -0.690. The smallest absolute Gasteiger partial charge is 0.320 e. The maximum atomic E-state index is 10.1. The van der Waals surface area contributed by atoms with Crippen molar-refractivity contribution < 1.29 is 40.8 Å². The molecule has 21 heavy (non-hydrogen) atoms. The monoisotopic (exact) mass is 320 g/mol. The third kappa shape index (κ3) is 152. The van der Waals surface area contributed by atoms with Gasteiger partial charge in [0.2, 0.25) is 0 Å². The fraction of sp³-hybridized carbons (Fsp3) is 0.833. The summed E-state index contributed by atoms with van der Waals surface area (Å²) in [6.07, 6.45) is 0.551. The first-order valence-electron chi connectivity index (χ1n) is 4.72. The van der Waals surface area contributed by atoms with Crippen molar-refractivity contribution in [2.75, 3.05) is 0 Å². The third-order valence-corrected chi connectivity index (χ3v) is 1.04. The lowest BCUT2D eigenvalue weighted by molar-refractivity contribution is -0.742. The highest BCUT2D eigenvalue weighted by molar-refractivity contribution is 5.72. The van der Waals surface area contributed by atoms with Crippen molar-refractivity contribution in [1.82, 2.24) is 0 Å². The highest BCUT2D eigenvalue weighted by Gasteiger charge is 2.11. The minimum Gasteiger partial charge on any atom is -0.480 e. The number of aliphatic carboxylic acids is 1. The topological polar surface area (TPSA) is 253 Å². The van der Waals surface area contributed by atoms with Crippen LogP contribution in [0, 0.1) is 36.3 Å². The molecule has 0 aliphatic heterocycles. The van der Waals surface area contributed by atoms with Crippen LogP contribution in [0.3, 0.4) is 0 Å². The normalized spacial score (nSPS) is 9.33. The van der Waals surface area contributed by atoms with Crippen LogP contribution in [0.15, 0.2) is 0 Å². The van der Waals surface area contributed by atoms with Crippen LogP contribution >= 0.6 is 0 Å². The molecule has 6 N–H and O–H groups in total. The number of carboxylic acid groups (broad SMARTS) is 1. The Labute approximate surface area is 116 Å². The third-order valence-electron chi connectivity index (χ3n) is 1.04. The van der Waals surface area contributed by atoms with Crippen molar-refractivity contribution in [3.8, 4) is 0 Å². The summed E-state index contributed by atoms with van der Waals surface area (Å²) < 4.78 is 0. The van der Waals surface area contributed by atoms with Crippen LogP contribution < -0.4 is 5.73 Å². The molecule has 0 radical (unpaired) electrons. The van der Waals surface area contributed by atoms with E-state index in [9.17, 15) is 4.79 Å². The van der Waals surface area contributed by atoms with Crippen LogP contribution in [0.5, 0.6) is 0 Å². The summed E-state index contributed by atoms with van der Waals surface area (Å²) in [7, 11) is 0. The Morgan fingerprint density at radius 3 is 1.24 bits per heavy atom. The quantitative estimate of drug-likeness (QED) is 0.322. The van der Waals surface area contributed by atoms with Crippen LogP contribution in [0.25, 0.3) is 0 Å². The van der Waals surface area contributed by atoms with Gasteiger partial charge in [0.15, 0.2) is 0 Å². The zero-order valence-electron chi connectivity index (χ0n) is 10.9. The molecule has 0 bridgehead atoms. The van der Waals surface area contributed by atoms with Gasteiger partial charge in [-0.1, -0.05) is 13.8 Å². The van der Waals surface area contributed by atoms with Gasteiger partial charge in [0.1, 0.15) is 6.04 Å². The molecule has 0 aromatic carbocycles. The Balaban J connectivity index is -0.000000102. The predicted octanol–water partition coefficient (Wildman–Crippen LogP) is -0.599. The first kappa shape index (κ1) is 26.6. The van der Waals surface area contributed by atoms with Crippen molar-refractivity contribution in [3.05, 3.63) is 30.3 Å². The number of nitrogens with zero attached hydrogens (tertiary/aromatic N) is 3. The Morgan fingerprint density at radius 1 is 1.00 bits per heavy atom. The second kappa shape index (κ2) is 17.0. The zero-order chi connectivity index (χ0) is 18.2. The molecule has 15 heteroatoms. The molecule has 0 amide bonds. The van der Waals surface area contributed by atoms with E-state index in [2.05, 4.69) is 0 Å². The molecule has 0 aliphatic rings. The van der Waals surface area contributed by atoms with Crippen LogP contribution in [0.1, 0.15) is 20.3 Å². The summed E-state index contributed by atoms with van der Waals surface area (Å²) >= 11 is 0. The molecule has 0 spiro atoms. The number of carbonyl (C=O) groups is 1. The summed E-state index contributed by atoms with van der Waals surface area (Å²) in [5.74, 6) is -0.556. The molecule has 0 saturated carbocycles. The van der Waals surface area contributed by atoms with E-state index in [0.29, 0.717) is 12.3 Å². The standard InChI is InChI=1S/C6H13NO2.3HNO3/c1-4(2)3-5(7)6(8)9;3*2-1(3)4/h4-5H,3,7H2,1-2H3,(H,8,9);3*(H,2,3,4). The fourth-order valence-electron chi connectivity index (χ4n) is 0.609. The molecule has 1 atom stereocenters. The molecule has 0 aromatic heterocycles. The van der Waals surface area contributed by atoms with E-state index in [0.717, 1.165) is 0 Å². The van der Waals surface area contributed by atoms with Crippen molar-refractivity contribution in [3.63, 3.8) is 0 Å². The van der Waals surface area contributed by atoms with E-state index in [1.54, 1.807) is 0 Å². The maximum Gasteiger partial charge on any atom is 0.320 e. The molecular weight excluding hydrogens is 304 g/mol. The van der Waals surface area contributed by atoms with E-state index >= 15 is 0 Å². The van der Waals surface area contributed by atoms with E-state index < -0.39 is 27.3 Å². The number of hydrogen-bond donors (Lipinski definition) is 5. The lowest BCUT2D eigenvalue weighted by atomic mass is 10.1. The van der Waals surface area contributed by atoms with Crippen molar-refractivity contribution >= 4 is 5.97 Å². The first-order valence-corrected chi connectivity index (χ1v) is 4.72. The average molecular weight is 320 g/mol. The Morgan fingerprint density at radius 2 is 1.19 bits per heavy atom. The molecular formula is C6H16N4O11. The maximum absolute atomic E-state index is 10.1. The SMILES string of the molecule is CC(C)CC(N)C(=O)O.O=[N+]([O-])O.O=[N+]([O-])O.O=[N+]([O-])O. The first-order chi connectivity index (χ1) is 9.23. The number of hydrogen-bond acceptors (Lipinski definition) is 8. The molecule has 0 saturated heterocycles. The van der Waals surface area contributed by atoms with Crippen molar-refractivity contribution in [2.24, 2.45) is 11.7 Å². The molecule has 0 fully saturated rings. The van der Waals surface area contributed by atoms with Gasteiger partial charge < -0.3 is 26.5 Å². The van der Waals surface area contributed by atoms with Crippen LogP contribution in [0.4, 0.5) is 0 Å². The zero-order valence-corrected chi connectivity index (χ0v) is 10.9. The molecule has 0 aliphatic carbocycles. The Hall–Kier alpha value is -2.97. The fourth-order valence-corrected chi connectivity index (χ4v) is 0.609. The lowest BCUT2D eigenvalue weighted by Gasteiger charge is -2.07. The van der Waals surface area contributed by atoms with Gasteiger partial charge in [0, 0.05) is 0 Å². The molecule has 0 heterocycles. The minimum absolute atomic E-state index is 0.357. The largest absolute Gasteiger partial charge is 0.480 e.